The van der Waals surface area contributed by atoms with Crippen LogP contribution >= 0.6 is 0 Å². The topological polar surface area (TPSA) is 42.4 Å². The van der Waals surface area contributed by atoms with Gasteiger partial charge >= 0.3 is 6.18 Å². The van der Waals surface area contributed by atoms with E-state index in [9.17, 15) is 18.0 Å². The number of halogens is 3. The molecule has 0 atom stereocenters. The predicted molar refractivity (Wildman–Crippen MR) is 74.6 cm³/mol. The van der Waals surface area contributed by atoms with Crippen LogP contribution in [0.25, 0.3) is 0 Å². The molecule has 2 heterocycles. The number of hydrogen-bond donors (Lipinski definition) is 0. The molecule has 0 N–H and O–H groups in total. The Morgan fingerprint density at radius 1 is 1.36 bits per heavy atom. The van der Waals surface area contributed by atoms with Crippen molar-refractivity contribution in [2.45, 2.75) is 37.8 Å². The maximum Gasteiger partial charge on any atom is 0.389 e. The first kappa shape index (κ1) is 16.6. The molecule has 122 valence electrons. The summed E-state index contributed by atoms with van der Waals surface area (Å²) in [5, 5.41) is 0. The van der Waals surface area contributed by atoms with Gasteiger partial charge in [-0.3, -0.25) is 9.78 Å². The van der Waals surface area contributed by atoms with Gasteiger partial charge in [-0.05, 0) is 30.4 Å². The molecule has 1 aromatic rings. The van der Waals surface area contributed by atoms with Crippen molar-refractivity contribution in [2.24, 2.45) is 0 Å². The van der Waals surface area contributed by atoms with Crippen LogP contribution in [0.3, 0.4) is 0 Å². The van der Waals surface area contributed by atoms with Gasteiger partial charge in [0.25, 0.3) is 0 Å². The molecule has 0 aliphatic carbocycles. The normalized spacial score (nSPS) is 16.6. The predicted octanol–water partition coefficient (Wildman–Crippen LogP) is 3.14. The third kappa shape index (κ3) is 4.61. The van der Waals surface area contributed by atoms with E-state index in [1.54, 1.807) is 19.5 Å². The Morgan fingerprint density at radius 3 is 2.64 bits per heavy atom. The monoisotopic (exact) mass is 316 g/mol. The molecular formula is C15H19F3N2O2. The molecule has 0 spiro atoms. The Labute approximate surface area is 127 Å². The number of carbonyl (C=O) groups excluding carboxylic acids is 1. The molecular weight excluding hydrogens is 297 g/mol. The van der Waals surface area contributed by atoms with E-state index in [1.165, 1.54) is 4.90 Å². The first-order valence-corrected chi connectivity index (χ1v) is 7.22. The van der Waals surface area contributed by atoms with Crippen LogP contribution in [0, 0.1) is 0 Å². The molecule has 0 unspecified atom stereocenters. The first-order chi connectivity index (χ1) is 10.4. The van der Waals surface area contributed by atoms with Gasteiger partial charge in [0.15, 0.2) is 0 Å². The number of aromatic nitrogens is 1. The van der Waals surface area contributed by atoms with Crippen molar-refractivity contribution in [2.75, 3.05) is 20.2 Å². The summed E-state index contributed by atoms with van der Waals surface area (Å²) >= 11 is 0. The average molecular weight is 316 g/mol. The van der Waals surface area contributed by atoms with E-state index in [0.29, 0.717) is 18.8 Å². The second kappa shape index (κ2) is 6.98. The Balaban J connectivity index is 1.86. The van der Waals surface area contributed by atoms with Crippen molar-refractivity contribution >= 4 is 5.91 Å². The number of amides is 1. The molecule has 1 saturated heterocycles. The van der Waals surface area contributed by atoms with E-state index in [-0.39, 0.29) is 5.92 Å². The highest BCUT2D eigenvalue weighted by Crippen LogP contribution is 2.30. The van der Waals surface area contributed by atoms with Crippen LogP contribution in [0.15, 0.2) is 18.5 Å². The molecule has 1 fully saturated rings. The van der Waals surface area contributed by atoms with Gasteiger partial charge in [-0.1, -0.05) is 0 Å². The fourth-order valence-electron chi connectivity index (χ4n) is 2.64. The highest BCUT2D eigenvalue weighted by molar-refractivity contribution is 5.76. The van der Waals surface area contributed by atoms with Gasteiger partial charge in [0.1, 0.15) is 5.75 Å². The second-order valence-corrected chi connectivity index (χ2v) is 5.43. The van der Waals surface area contributed by atoms with Gasteiger partial charge in [0.2, 0.25) is 5.91 Å². The number of likely N-dealkylation sites (tertiary alicyclic amines) is 1. The lowest BCUT2D eigenvalue weighted by Crippen LogP contribution is -2.38. The smallest absolute Gasteiger partial charge is 0.389 e. The van der Waals surface area contributed by atoms with Crippen molar-refractivity contribution in [1.29, 1.82) is 0 Å². The van der Waals surface area contributed by atoms with Crippen LogP contribution in [0.4, 0.5) is 13.2 Å². The zero-order valence-electron chi connectivity index (χ0n) is 12.4. The highest BCUT2D eigenvalue weighted by atomic mass is 19.4. The Hall–Kier alpha value is -1.79. The summed E-state index contributed by atoms with van der Waals surface area (Å²) in [6.45, 7) is 0.969. The standard InChI is InChI=1S/C15H19F3N2O2/c1-22-13-8-12(9-19-10-13)11-3-6-20(7-4-11)14(21)2-5-15(16,17)18/h8-11H,2-7H2,1H3. The lowest BCUT2D eigenvalue weighted by atomic mass is 9.90. The number of piperidine rings is 1. The summed E-state index contributed by atoms with van der Waals surface area (Å²) in [6, 6.07) is 1.92. The molecule has 0 saturated carbocycles. The molecule has 0 aromatic carbocycles. The molecule has 4 nitrogen and oxygen atoms in total. The maximum absolute atomic E-state index is 12.1. The van der Waals surface area contributed by atoms with E-state index in [1.807, 2.05) is 6.07 Å². The van der Waals surface area contributed by atoms with Gasteiger partial charge in [-0.2, -0.15) is 13.2 Å². The average Bonchev–Trinajstić information content (AvgIpc) is 2.52. The van der Waals surface area contributed by atoms with Gasteiger partial charge in [-0.15, -0.1) is 0 Å². The van der Waals surface area contributed by atoms with E-state index >= 15 is 0 Å². The van der Waals surface area contributed by atoms with Crippen LogP contribution in [0.1, 0.15) is 37.2 Å². The van der Waals surface area contributed by atoms with Crippen molar-refractivity contribution in [1.82, 2.24) is 9.88 Å². The van der Waals surface area contributed by atoms with Crippen LogP contribution in [0.5, 0.6) is 5.75 Å². The van der Waals surface area contributed by atoms with Gasteiger partial charge < -0.3 is 9.64 Å². The van der Waals surface area contributed by atoms with Gasteiger partial charge in [0.05, 0.1) is 19.7 Å². The number of pyridine rings is 1. The number of methoxy groups -OCH3 is 1. The number of rotatable bonds is 4. The lowest BCUT2D eigenvalue weighted by molar-refractivity contribution is -0.149. The van der Waals surface area contributed by atoms with Crippen LogP contribution in [0.2, 0.25) is 0 Å². The lowest BCUT2D eigenvalue weighted by Gasteiger charge is -2.32. The van der Waals surface area contributed by atoms with E-state index < -0.39 is 24.9 Å². The minimum absolute atomic E-state index is 0.259. The first-order valence-electron chi connectivity index (χ1n) is 7.22. The third-order valence-electron chi connectivity index (χ3n) is 3.91. The molecule has 1 amide bonds. The largest absolute Gasteiger partial charge is 0.495 e. The fourth-order valence-corrected chi connectivity index (χ4v) is 2.64. The summed E-state index contributed by atoms with van der Waals surface area (Å²) in [5.74, 6) is 0.523. The Morgan fingerprint density at radius 2 is 2.05 bits per heavy atom. The van der Waals surface area contributed by atoms with Crippen LogP contribution < -0.4 is 4.74 Å². The van der Waals surface area contributed by atoms with Crippen molar-refractivity contribution < 1.29 is 22.7 Å². The highest BCUT2D eigenvalue weighted by Gasteiger charge is 2.30. The van der Waals surface area contributed by atoms with Crippen LogP contribution in [-0.4, -0.2) is 42.2 Å². The quantitative estimate of drug-likeness (QED) is 0.857. The molecule has 0 radical (unpaired) electrons. The molecule has 1 aliphatic rings. The minimum Gasteiger partial charge on any atom is -0.495 e. The Bertz CT molecular complexity index is 512. The molecule has 1 aliphatic heterocycles. The summed E-state index contributed by atoms with van der Waals surface area (Å²) in [7, 11) is 1.57. The van der Waals surface area contributed by atoms with Crippen molar-refractivity contribution in [3.8, 4) is 5.75 Å². The van der Waals surface area contributed by atoms with E-state index in [2.05, 4.69) is 4.98 Å². The number of ether oxygens (including phenoxy) is 1. The van der Waals surface area contributed by atoms with Gasteiger partial charge in [-0.25, -0.2) is 0 Å². The summed E-state index contributed by atoms with van der Waals surface area (Å²) in [6.07, 6.45) is -0.937. The van der Waals surface area contributed by atoms with Gasteiger partial charge in [0, 0.05) is 25.7 Å². The summed E-state index contributed by atoms with van der Waals surface area (Å²) < 4.78 is 41.6. The zero-order chi connectivity index (χ0) is 16.2. The zero-order valence-corrected chi connectivity index (χ0v) is 12.4. The molecule has 2 rings (SSSR count). The third-order valence-corrected chi connectivity index (χ3v) is 3.91. The fraction of sp³-hybridized carbons (Fsp3) is 0.600. The molecule has 22 heavy (non-hydrogen) atoms. The molecule has 1 aromatic heterocycles. The summed E-state index contributed by atoms with van der Waals surface area (Å²) in [5.41, 5.74) is 1.04. The number of nitrogens with zero attached hydrogens (tertiary/aromatic N) is 2. The number of alkyl halides is 3. The molecule has 7 heteroatoms. The molecule has 0 bridgehead atoms. The minimum atomic E-state index is -4.28. The summed E-state index contributed by atoms with van der Waals surface area (Å²) in [4.78, 5) is 17.4. The van der Waals surface area contributed by atoms with Crippen molar-refractivity contribution in [3.05, 3.63) is 24.0 Å². The SMILES string of the molecule is COc1cncc(C2CCN(C(=O)CCC(F)(F)F)CC2)c1. The maximum atomic E-state index is 12.1. The number of hydrogen-bond acceptors (Lipinski definition) is 3. The van der Waals surface area contributed by atoms with E-state index in [0.717, 1.165) is 18.4 Å². The van der Waals surface area contributed by atoms with Crippen molar-refractivity contribution in [3.63, 3.8) is 0 Å². The number of carbonyl (C=O) groups is 1. The Kier molecular flexibility index (Phi) is 5.26. The van der Waals surface area contributed by atoms with E-state index in [4.69, 9.17) is 4.74 Å². The second-order valence-electron chi connectivity index (χ2n) is 5.43. The van der Waals surface area contributed by atoms with Crippen LogP contribution in [-0.2, 0) is 4.79 Å².